The van der Waals surface area contributed by atoms with Crippen LogP contribution in [0.1, 0.15) is 17.2 Å². The summed E-state index contributed by atoms with van der Waals surface area (Å²) in [5.74, 6) is -1.61. The highest BCUT2D eigenvalue weighted by atomic mass is 32.2. The summed E-state index contributed by atoms with van der Waals surface area (Å²) < 4.78 is 1.43. The second kappa shape index (κ2) is 9.53. The molecule has 0 spiro atoms. The van der Waals surface area contributed by atoms with Gasteiger partial charge >= 0.3 is 5.97 Å². The van der Waals surface area contributed by atoms with E-state index < -0.39 is 30.1 Å². The van der Waals surface area contributed by atoms with Crippen molar-refractivity contribution in [3.8, 4) is 0 Å². The maximum Gasteiger partial charge on any atom is 0.323 e. The van der Waals surface area contributed by atoms with E-state index in [4.69, 9.17) is 17.3 Å². The molecule has 1 aromatic carbocycles. The van der Waals surface area contributed by atoms with Gasteiger partial charge in [-0.3, -0.25) is 23.7 Å². The molecule has 3 aromatic rings. The van der Waals surface area contributed by atoms with Crippen molar-refractivity contribution in [1.82, 2.24) is 14.3 Å². The number of carbonyl (C=O) groups is 2. The number of thioether (sulfide) groups is 1. The Hall–Kier alpha value is -3.54. The third-order valence-electron chi connectivity index (χ3n) is 4.86. The number of thiocarbonyl (C=S) groups is 1. The summed E-state index contributed by atoms with van der Waals surface area (Å²) in [6.45, 7) is -0.494. The first-order valence-electron chi connectivity index (χ1n) is 9.80. The number of carbonyl (C=O) groups excluding carboxylic acids is 1. The fourth-order valence-electron chi connectivity index (χ4n) is 3.26. The van der Waals surface area contributed by atoms with Crippen molar-refractivity contribution in [3.63, 3.8) is 0 Å². The molecule has 1 saturated heterocycles. The van der Waals surface area contributed by atoms with E-state index in [1.165, 1.54) is 10.5 Å². The summed E-state index contributed by atoms with van der Waals surface area (Å²) in [5, 5.41) is 22.5. The maximum atomic E-state index is 13.2. The fraction of sp³-hybridized carbons (Fsp3) is 0.136. The molecule has 0 aliphatic carbocycles. The van der Waals surface area contributed by atoms with Crippen molar-refractivity contribution < 1.29 is 19.8 Å². The highest BCUT2D eigenvalue weighted by molar-refractivity contribution is 8.26. The zero-order chi connectivity index (χ0) is 23.5. The van der Waals surface area contributed by atoms with Crippen molar-refractivity contribution in [1.29, 1.82) is 0 Å². The summed E-state index contributed by atoms with van der Waals surface area (Å²) in [6.07, 6.45) is 2.05. The van der Waals surface area contributed by atoms with E-state index in [-0.39, 0.29) is 27.2 Å². The zero-order valence-electron chi connectivity index (χ0n) is 17.0. The molecule has 1 aliphatic rings. The molecule has 2 aromatic heterocycles. The van der Waals surface area contributed by atoms with Gasteiger partial charge in [0.15, 0.2) is 0 Å². The molecule has 0 unspecified atom stereocenters. The number of fused-ring (bicyclic) bond motifs is 1. The summed E-state index contributed by atoms with van der Waals surface area (Å²) in [7, 11) is 0. The quantitative estimate of drug-likeness (QED) is 0.343. The Bertz CT molecular complexity index is 1340. The van der Waals surface area contributed by atoms with Gasteiger partial charge in [0.1, 0.15) is 22.3 Å². The van der Waals surface area contributed by atoms with E-state index >= 15 is 0 Å². The Morgan fingerprint density at radius 2 is 1.91 bits per heavy atom. The number of aliphatic hydroxyl groups is 1. The van der Waals surface area contributed by atoms with Gasteiger partial charge in [-0.1, -0.05) is 60.4 Å². The van der Waals surface area contributed by atoms with Gasteiger partial charge in [-0.15, -0.1) is 0 Å². The number of carboxylic acid groups (broad SMARTS) is 1. The number of aliphatic carboxylic acids is 1. The number of benzene rings is 1. The van der Waals surface area contributed by atoms with Gasteiger partial charge in [-0.05, 0) is 23.8 Å². The smallest absolute Gasteiger partial charge is 0.323 e. The lowest BCUT2D eigenvalue weighted by Gasteiger charge is -2.15. The number of pyridine rings is 1. The van der Waals surface area contributed by atoms with E-state index in [1.54, 1.807) is 36.5 Å². The van der Waals surface area contributed by atoms with Gasteiger partial charge in [0.25, 0.3) is 11.5 Å². The molecule has 0 bridgehead atoms. The van der Waals surface area contributed by atoms with Crippen LogP contribution in [-0.2, 0) is 9.59 Å². The number of anilines is 1. The molecule has 3 N–H and O–H groups in total. The van der Waals surface area contributed by atoms with Crippen LogP contribution in [-0.4, -0.2) is 53.8 Å². The lowest BCUT2D eigenvalue weighted by atomic mass is 10.1. The Kier molecular flexibility index (Phi) is 6.54. The fourth-order valence-corrected chi connectivity index (χ4v) is 4.49. The maximum absolute atomic E-state index is 13.2. The summed E-state index contributed by atoms with van der Waals surface area (Å²) in [6, 6.07) is 14.1. The largest absolute Gasteiger partial charge is 0.480 e. The third-order valence-corrected chi connectivity index (χ3v) is 6.24. The number of hydrogen-bond acceptors (Lipinski definition) is 8. The molecule has 4 rings (SSSR count). The van der Waals surface area contributed by atoms with Crippen molar-refractivity contribution >= 4 is 57.7 Å². The number of nitrogens with zero attached hydrogens (tertiary/aromatic N) is 3. The molecule has 1 aliphatic heterocycles. The second-order valence-corrected chi connectivity index (χ2v) is 8.75. The average Bonchev–Trinajstić information content (AvgIpc) is 3.07. The SMILES string of the molecule is O=C(O)CN1C(=O)/C(=C/c2c(NC[C@H](O)c3ccccc3)nc3ccccn3c2=O)SC1=S. The first-order valence-corrected chi connectivity index (χ1v) is 11.0. The Labute approximate surface area is 197 Å². The van der Waals surface area contributed by atoms with Crippen molar-refractivity contribution in [3.05, 3.63) is 81.1 Å². The summed E-state index contributed by atoms with van der Waals surface area (Å²) >= 11 is 6.04. The van der Waals surface area contributed by atoms with Crippen LogP contribution in [0.5, 0.6) is 0 Å². The number of rotatable bonds is 7. The Balaban J connectivity index is 1.72. The number of amides is 1. The first-order chi connectivity index (χ1) is 15.8. The minimum absolute atomic E-state index is 0.0697. The molecule has 3 heterocycles. The molecular formula is C22H18N4O5S2. The standard InChI is InChI=1S/C22H18N4O5S2/c27-15(13-6-2-1-3-7-13)11-23-19-14(20(30)25-9-5-4-8-17(25)24-19)10-16-21(31)26(12-18(28)29)22(32)33-16/h1-10,15,23,27H,11-12H2,(H,28,29)/b16-10-/t15-/m0/s1. The number of aliphatic hydroxyl groups excluding tert-OH is 1. The molecule has 11 heteroatoms. The zero-order valence-corrected chi connectivity index (χ0v) is 18.7. The highest BCUT2D eigenvalue weighted by Crippen LogP contribution is 2.33. The molecule has 1 fully saturated rings. The Morgan fingerprint density at radius 1 is 1.18 bits per heavy atom. The molecule has 33 heavy (non-hydrogen) atoms. The predicted octanol–water partition coefficient (Wildman–Crippen LogP) is 2.13. The summed E-state index contributed by atoms with van der Waals surface area (Å²) in [5.41, 5.74) is 0.740. The lowest BCUT2D eigenvalue weighted by molar-refractivity contribution is -0.140. The topological polar surface area (TPSA) is 124 Å². The molecule has 0 saturated carbocycles. The van der Waals surface area contributed by atoms with Crippen LogP contribution in [0, 0.1) is 0 Å². The van der Waals surface area contributed by atoms with Gasteiger partial charge in [-0.25, -0.2) is 4.98 Å². The van der Waals surface area contributed by atoms with E-state index in [2.05, 4.69) is 10.3 Å². The van der Waals surface area contributed by atoms with E-state index in [1.807, 2.05) is 18.2 Å². The number of carboxylic acids is 1. The van der Waals surface area contributed by atoms with Crippen LogP contribution in [0.2, 0.25) is 0 Å². The average molecular weight is 483 g/mol. The first kappa shape index (κ1) is 22.6. The van der Waals surface area contributed by atoms with Gasteiger partial charge in [0.2, 0.25) is 0 Å². The molecule has 1 atom stereocenters. The number of aromatic nitrogens is 2. The highest BCUT2D eigenvalue weighted by Gasteiger charge is 2.34. The van der Waals surface area contributed by atoms with E-state index in [9.17, 15) is 19.5 Å². The third kappa shape index (κ3) is 4.80. The van der Waals surface area contributed by atoms with Crippen LogP contribution < -0.4 is 10.9 Å². The van der Waals surface area contributed by atoms with Crippen molar-refractivity contribution in [2.75, 3.05) is 18.4 Å². The van der Waals surface area contributed by atoms with Gasteiger partial charge < -0.3 is 15.5 Å². The van der Waals surface area contributed by atoms with Gasteiger partial charge in [-0.2, -0.15) is 0 Å². The van der Waals surface area contributed by atoms with Crippen molar-refractivity contribution in [2.24, 2.45) is 0 Å². The minimum atomic E-state index is -1.20. The predicted molar refractivity (Wildman–Crippen MR) is 129 cm³/mol. The monoisotopic (exact) mass is 482 g/mol. The molecule has 9 nitrogen and oxygen atoms in total. The van der Waals surface area contributed by atoms with Crippen LogP contribution in [0.15, 0.2) is 64.4 Å². The van der Waals surface area contributed by atoms with Crippen LogP contribution in [0.3, 0.4) is 0 Å². The molecule has 1 amide bonds. The minimum Gasteiger partial charge on any atom is -0.480 e. The summed E-state index contributed by atoms with van der Waals surface area (Å²) in [4.78, 5) is 42.5. The number of hydrogen-bond donors (Lipinski definition) is 3. The second-order valence-electron chi connectivity index (χ2n) is 7.08. The molecule has 168 valence electrons. The van der Waals surface area contributed by atoms with E-state index in [0.29, 0.717) is 11.2 Å². The normalized spacial score (nSPS) is 15.9. The van der Waals surface area contributed by atoms with Crippen LogP contribution in [0.25, 0.3) is 11.7 Å². The Morgan fingerprint density at radius 3 is 2.64 bits per heavy atom. The molecular weight excluding hydrogens is 464 g/mol. The van der Waals surface area contributed by atoms with Gasteiger partial charge in [0.05, 0.1) is 16.6 Å². The lowest BCUT2D eigenvalue weighted by Crippen LogP contribution is -2.33. The van der Waals surface area contributed by atoms with E-state index in [0.717, 1.165) is 16.7 Å². The number of nitrogens with one attached hydrogen (secondary N) is 1. The van der Waals surface area contributed by atoms with Crippen LogP contribution in [0.4, 0.5) is 5.82 Å². The van der Waals surface area contributed by atoms with Crippen LogP contribution >= 0.6 is 24.0 Å². The molecule has 0 radical (unpaired) electrons. The van der Waals surface area contributed by atoms with Gasteiger partial charge in [0, 0.05) is 12.7 Å². The van der Waals surface area contributed by atoms with Crippen molar-refractivity contribution in [2.45, 2.75) is 6.10 Å².